The minimum absolute atomic E-state index is 0.210. The standard InChI is InChI=1S/C19H34N2O2/c1-2-14-22-17-19-8-6-15-23-18(19)7-11-21(16-19)13-12-20-9-4-3-5-10-20/h2,18H,1,3-17H2/t18-,19+/m1/s1. The van der Waals surface area contributed by atoms with E-state index in [1.807, 2.05) is 6.08 Å². The Labute approximate surface area is 141 Å². The van der Waals surface area contributed by atoms with Crippen LogP contribution in [-0.4, -0.2) is 75.0 Å². The zero-order chi connectivity index (χ0) is 16.0. The van der Waals surface area contributed by atoms with E-state index in [4.69, 9.17) is 9.47 Å². The molecule has 3 aliphatic heterocycles. The van der Waals surface area contributed by atoms with Crippen molar-refractivity contribution >= 4 is 0 Å². The van der Waals surface area contributed by atoms with Crippen LogP contribution >= 0.6 is 0 Å². The quantitative estimate of drug-likeness (QED) is 0.531. The lowest BCUT2D eigenvalue weighted by atomic mass is 9.73. The molecule has 0 saturated carbocycles. The monoisotopic (exact) mass is 322 g/mol. The van der Waals surface area contributed by atoms with Gasteiger partial charge in [0.15, 0.2) is 0 Å². The summed E-state index contributed by atoms with van der Waals surface area (Å²) < 4.78 is 12.0. The van der Waals surface area contributed by atoms with Crippen LogP contribution in [-0.2, 0) is 9.47 Å². The van der Waals surface area contributed by atoms with Crippen LogP contribution < -0.4 is 0 Å². The van der Waals surface area contributed by atoms with E-state index in [2.05, 4.69) is 16.4 Å². The Morgan fingerprint density at radius 1 is 1.09 bits per heavy atom. The Morgan fingerprint density at radius 3 is 2.74 bits per heavy atom. The second-order valence-corrected chi connectivity index (χ2v) is 7.60. The summed E-state index contributed by atoms with van der Waals surface area (Å²) in [5.74, 6) is 0. The van der Waals surface area contributed by atoms with E-state index >= 15 is 0 Å². The first-order valence-electron chi connectivity index (χ1n) is 9.57. The summed E-state index contributed by atoms with van der Waals surface area (Å²) in [7, 11) is 0. The molecule has 0 unspecified atom stereocenters. The minimum atomic E-state index is 0.210. The zero-order valence-electron chi connectivity index (χ0n) is 14.7. The number of hydrogen-bond acceptors (Lipinski definition) is 4. The first-order chi connectivity index (χ1) is 11.3. The van der Waals surface area contributed by atoms with Crippen molar-refractivity contribution in [2.75, 3.05) is 59.1 Å². The Balaban J connectivity index is 1.53. The smallest absolute Gasteiger partial charge is 0.0677 e. The van der Waals surface area contributed by atoms with Crippen molar-refractivity contribution in [2.24, 2.45) is 5.41 Å². The van der Waals surface area contributed by atoms with Gasteiger partial charge >= 0.3 is 0 Å². The van der Waals surface area contributed by atoms with Crippen LogP contribution in [0.5, 0.6) is 0 Å². The molecule has 2 atom stereocenters. The van der Waals surface area contributed by atoms with Crippen LogP contribution in [0.3, 0.4) is 0 Å². The lowest BCUT2D eigenvalue weighted by Gasteiger charge is -2.50. The van der Waals surface area contributed by atoms with E-state index in [0.717, 1.165) is 26.2 Å². The lowest BCUT2D eigenvalue weighted by Crippen LogP contribution is -2.57. The summed E-state index contributed by atoms with van der Waals surface area (Å²) in [5, 5.41) is 0. The fraction of sp³-hybridized carbons (Fsp3) is 0.895. The molecule has 3 rings (SSSR count). The van der Waals surface area contributed by atoms with Gasteiger partial charge in [-0.3, -0.25) is 0 Å². The van der Waals surface area contributed by atoms with Crippen molar-refractivity contribution < 1.29 is 9.47 Å². The van der Waals surface area contributed by atoms with Crippen LogP contribution in [0.15, 0.2) is 12.7 Å². The molecule has 0 aromatic rings. The Kier molecular flexibility index (Phi) is 6.52. The van der Waals surface area contributed by atoms with Crippen LogP contribution in [0.2, 0.25) is 0 Å². The first kappa shape index (κ1) is 17.4. The Hall–Kier alpha value is -0.420. The summed E-state index contributed by atoms with van der Waals surface area (Å²) >= 11 is 0. The number of ether oxygens (including phenoxy) is 2. The summed E-state index contributed by atoms with van der Waals surface area (Å²) in [5.41, 5.74) is 0.210. The maximum Gasteiger partial charge on any atom is 0.0677 e. The van der Waals surface area contributed by atoms with Crippen molar-refractivity contribution in [3.8, 4) is 0 Å². The van der Waals surface area contributed by atoms with Gasteiger partial charge in [0.2, 0.25) is 0 Å². The van der Waals surface area contributed by atoms with Crippen LogP contribution in [0.25, 0.3) is 0 Å². The van der Waals surface area contributed by atoms with Crippen molar-refractivity contribution in [3.63, 3.8) is 0 Å². The molecule has 0 aliphatic carbocycles. The molecule has 3 saturated heterocycles. The van der Waals surface area contributed by atoms with E-state index in [0.29, 0.717) is 12.7 Å². The van der Waals surface area contributed by atoms with Gasteiger partial charge < -0.3 is 19.3 Å². The number of hydrogen-bond donors (Lipinski definition) is 0. The first-order valence-corrected chi connectivity index (χ1v) is 9.57. The van der Waals surface area contributed by atoms with Crippen molar-refractivity contribution in [1.82, 2.24) is 9.80 Å². The van der Waals surface area contributed by atoms with Gasteiger partial charge in [-0.2, -0.15) is 0 Å². The highest BCUT2D eigenvalue weighted by molar-refractivity contribution is 4.97. The van der Waals surface area contributed by atoms with Gasteiger partial charge in [0.05, 0.1) is 19.3 Å². The third kappa shape index (κ3) is 4.56. The highest BCUT2D eigenvalue weighted by Gasteiger charge is 2.45. The van der Waals surface area contributed by atoms with E-state index in [-0.39, 0.29) is 5.41 Å². The predicted molar refractivity (Wildman–Crippen MR) is 93.8 cm³/mol. The van der Waals surface area contributed by atoms with Gasteiger partial charge in [-0.05, 0) is 45.2 Å². The molecular weight excluding hydrogens is 288 g/mol. The maximum atomic E-state index is 6.12. The number of rotatable bonds is 7. The molecule has 3 aliphatic rings. The molecule has 3 heterocycles. The molecule has 0 N–H and O–H groups in total. The average Bonchev–Trinajstić information content (AvgIpc) is 2.61. The van der Waals surface area contributed by atoms with E-state index in [1.54, 1.807) is 0 Å². The Bertz CT molecular complexity index is 370. The van der Waals surface area contributed by atoms with Crippen molar-refractivity contribution in [2.45, 2.75) is 44.6 Å². The fourth-order valence-corrected chi connectivity index (χ4v) is 4.60. The molecule has 0 spiro atoms. The number of likely N-dealkylation sites (tertiary alicyclic amines) is 2. The molecular formula is C19H34N2O2. The maximum absolute atomic E-state index is 6.12. The van der Waals surface area contributed by atoms with Crippen LogP contribution in [0.4, 0.5) is 0 Å². The van der Waals surface area contributed by atoms with Gasteiger partial charge in [0.1, 0.15) is 0 Å². The van der Waals surface area contributed by atoms with Crippen molar-refractivity contribution in [1.29, 1.82) is 0 Å². The van der Waals surface area contributed by atoms with Crippen molar-refractivity contribution in [3.05, 3.63) is 12.7 Å². The van der Waals surface area contributed by atoms with Gasteiger partial charge in [-0.25, -0.2) is 0 Å². The number of nitrogens with zero attached hydrogens (tertiary/aromatic N) is 2. The third-order valence-electron chi connectivity index (χ3n) is 5.87. The fourth-order valence-electron chi connectivity index (χ4n) is 4.60. The molecule has 0 bridgehead atoms. The van der Waals surface area contributed by atoms with E-state index in [1.165, 1.54) is 64.8 Å². The topological polar surface area (TPSA) is 24.9 Å². The van der Waals surface area contributed by atoms with Gasteiger partial charge in [-0.15, -0.1) is 6.58 Å². The molecule has 4 nitrogen and oxygen atoms in total. The molecule has 23 heavy (non-hydrogen) atoms. The summed E-state index contributed by atoms with van der Waals surface area (Å²) in [6, 6.07) is 0. The normalized spacial score (nSPS) is 33.3. The summed E-state index contributed by atoms with van der Waals surface area (Å²) in [6.45, 7) is 13.5. The number of piperidine rings is 2. The molecule has 0 aromatic carbocycles. The SMILES string of the molecule is C=CCOC[C@@]12CCCO[C@@H]1CCN(CCN1CCCCC1)C2. The second kappa shape index (κ2) is 8.61. The highest BCUT2D eigenvalue weighted by Crippen LogP contribution is 2.40. The Morgan fingerprint density at radius 2 is 1.91 bits per heavy atom. The van der Waals surface area contributed by atoms with Crippen LogP contribution in [0, 0.1) is 5.41 Å². The number of fused-ring (bicyclic) bond motifs is 1. The van der Waals surface area contributed by atoms with Gasteiger partial charge in [0.25, 0.3) is 0 Å². The molecule has 3 fully saturated rings. The predicted octanol–water partition coefficient (Wildman–Crippen LogP) is 2.55. The molecule has 0 radical (unpaired) electrons. The third-order valence-corrected chi connectivity index (χ3v) is 5.87. The largest absolute Gasteiger partial charge is 0.377 e. The lowest BCUT2D eigenvalue weighted by molar-refractivity contribution is -0.151. The van der Waals surface area contributed by atoms with Crippen LogP contribution in [0.1, 0.15) is 38.5 Å². The van der Waals surface area contributed by atoms with E-state index in [9.17, 15) is 0 Å². The van der Waals surface area contributed by atoms with Gasteiger partial charge in [0, 0.05) is 38.2 Å². The molecule has 0 amide bonds. The molecule has 4 heteroatoms. The molecule has 132 valence electrons. The summed E-state index contributed by atoms with van der Waals surface area (Å²) in [4.78, 5) is 5.31. The minimum Gasteiger partial charge on any atom is -0.377 e. The highest BCUT2D eigenvalue weighted by atomic mass is 16.5. The zero-order valence-corrected chi connectivity index (χ0v) is 14.7. The summed E-state index contributed by atoms with van der Waals surface area (Å²) in [6.07, 6.45) is 10.0. The van der Waals surface area contributed by atoms with Gasteiger partial charge in [-0.1, -0.05) is 12.5 Å². The van der Waals surface area contributed by atoms with E-state index < -0.39 is 0 Å². The second-order valence-electron chi connectivity index (χ2n) is 7.60. The molecule has 0 aromatic heterocycles. The average molecular weight is 322 g/mol.